The first kappa shape index (κ1) is 15.7. The van der Waals surface area contributed by atoms with E-state index in [4.69, 9.17) is 9.47 Å². The summed E-state index contributed by atoms with van der Waals surface area (Å²) in [6, 6.07) is 3.18. The van der Waals surface area contributed by atoms with Crippen LogP contribution in [0.25, 0.3) is 0 Å². The van der Waals surface area contributed by atoms with E-state index in [9.17, 15) is 9.59 Å². The molecule has 1 N–H and O–H groups in total. The van der Waals surface area contributed by atoms with Gasteiger partial charge in [0.2, 0.25) is 5.91 Å². The Kier molecular flexibility index (Phi) is 4.21. The molecular weight excluding hydrogens is 316 g/mol. The van der Waals surface area contributed by atoms with E-state index in [2.05, 4.69) is 11.9 Å². The summed E-state index contributed by atoms with van der Waals surface area (Å²) in [6.07, 6.45) is 1.62. The molecule has 3 rings (SSSR count). The minimum Gasteiger partial charge on any atom is -0.493 e. The quantitative estimate of drug-likeness (QED) is 0.828. The van der Waals surface area contributed by atoms with Gasteiger partial charge in [-0.05, 0) is 6.07 Å². The lowest BCUT2D eigenvalue weighted by molar-refractivity contribution is -0.124. The summed E-state index contributed by atoms with van der Waals surface area (Å²) < 4.78 is 10.6. The van der Waals surface area contributed by atoms with Crippen LogP contribution in [0, 0.1) is 0 Å². The summed E-state index contributed by atoms with van der Waals surface area (Å²) in [5.41, 5.74) is 1.36. The molecule has 1 fully saturated rings. The number of fused-ring (bicyclic) bond motifs is 3. The number of benzene rings is 1. The van der Waals surface area contributed by atoms with Crippen LogP contribution in [-0.2, 0) is 4.79 Å². The van der Waals surface area contributed by atoms with Crippen molar-refractivity contribution in [3.8, 4) is 11.5 Å². The van der Waals surface area contributed by atoms with Crippen LogP contribution in [0.15, 0.2) is 24.8 Å². The van der Waals surface area contributed by atoms with Gasteiger partial charge < -0.3 is 19.7 Å². The lowest BCUT2D eigenvalue weighted by atomic mass is 10.1. The van der Waals surface area contributed by atoms with Crippen LogP contribution in [0.2, 0.25) is 0 Å². The molecule has 23 heavy (non-hydrogen) atoms. The highest BCUT2D eigenvalue weighted by Gasteiger charge is 2.50. The maximum atomic E-state index is 12.9. The normalized spacial score (nSPS) is 21.7. The maximum Gasteiger partial charge on any atom is 0.260 e. The molecule has 1 unspecified atom stereocenters. The van der Waals surface area contributed by atoms with Crippen molar-refractivity contribution in [3.05, 3.63) is 35.9 Å². The van der Waals surface area contributed by atoms with Crippen molar-refractivity contribution < 1.29 is 19.1 Å². The van der Waals surface area contributed by atoms with E-state index < -0.39 is 6.04 Å². The molecular formula is C16H18N2O4S. The van der Waals surface area contributed by atoms with Crippen LogP contribution in [-0.4, -0.2) is 49.3 Å². The average molecular weight is 334 g/mol. The van der Waals surface area contributed by atoms with E-state index in [0.717, 1.165) is 5.56 Å². The number of hydrogen-bond acceptors (Lipinski definition) is 5. The molecule has 1 aromatic rings. The molecule has 1 aromatic carbocycles. The van der Waals surface area contributed by atoms with Gasteiger partial charge in [-0.25, -0.2) is 0 Å². The highest BCUT2D eigenvalue weighted by molar-refractivity contribution is 7.99. The van der Waals surface area contributed by atoms with Crippen molar-refractivity contribution in [1.82, 2.24) is 10.2 Å². The first-order valence-electron chi connectivity index (χ1n) is 7.21. The molecule has 2 heterocycles. The van der Waals surface area contributed by atoms with Gasteiger partial charge in [-0.2, -0.15) is 0 Å². The van der Waals surface area contributed by atoms with Crippen LogP contribution in [0.3, 0.4) is 0 Å². The van der Waals surface area contributed by atoms with E-state index in [1.54, 1.807) is 28.8 Å². The van der Waals surface area contributed by atoms with E-state index >= 15 is 0 Å². The van der Waals surface area contributed by atoms with Gasteiger partial charge >= 0.3 is 0 Å². The van der Waals surface area contributed by atoms with E-state index in [1.165, 1.54) is 14.2 Å². The Hall–Kier alpha value is -2.15. The van der Waals surface area contributed by atoms with Gasteiger partial charge in [-0.1, -0.05) is 12.1 Å². The number of thioether (sulfide) groups is 1. The molecule has 0 aliphatic carbocycles. The third-order valence-corrected chi connectivity index (χ3v) is 5.32. The smallest absolute Gasteiger partial charge is 0.260 e. The summed E-state index contributed by atoms with van der Waals surface area (Å²) >= 11 is 1.58. The minimum atomic E-state index is -0.486. The fraction of sp³-hybridized carbons (Fsp3) is 0.375. The van der Waals surface area contributed by atoms with E-state index in [0.29, 0.717) is 29.4 Å². The van der Waals surface area contributed by atoms with Crippen LogP contribution < -0.4 is 14.8 Å². The van der Waals surface area contributed by atoms with Crippen molar-refractivity contribution in [3.63, 3.8) is 0 Å². The highest BCUT2D eigenvalue weighted by atomic mass is 32.2. The molecule has 1 saturated heterocycles. The largest absolute Gasteiger partial charge is 0.493 e. The second-order valence-electron chi connectivity index (χ2n) is 5.21. The van der Waals surface area contributed by atoms with Crippen LogP contribution in [0.4, 0.5) is 0 Å². The number of nitrogens with zero attached hydrogens (tertiary/aromatic N) is 1. The number of carbonyl (C=O) groups is 2. The monoisotopic (exact) mass is 334 g/mol. The molecule has 0 spiro atoms. The van der Waals surface area contributed by atoms with Gasteiger partial charge in [-0.15, -0.1) is 18.3 Å². The predicted octanol–water partition coefficient (Wildman–Crippen LogP) is 1.58. The van der Waals surface area contributed by atoms with Gasteiger partial charge in [-0.3, -0.25) is 9.59 Å². The topological polar surface area (TPSA) is 67.9 Å². The third-order valence-electron chi connectivity index (χ3n) is 4.02. The van der Waals surface area contributed by atoms with Crippen LogP contribution in [0.1, 0.15) is 21.3 Å². The van der Waals surface area contributed by atoms with Gasteiger partial charge in [0.25, 0.3) is 5.91 Å². The van der Waals surface area contributed by atoms with Crippen molar-refractivity contribution in [2.24, 2.45) is 0 Å². The van der Waals surface area contributed by atoms with Gasteiger partial charge in [0, 0.05) is 17.9 Å². The van der Waals surface area contributed by atoms with Gasteiger partial charge in [0.1, 0.15) is 11.4 Å². The Labute approximate surface area is 138 Å². The van der Waals surface area contributed by atoms with Crippen LogP contribution in [0.5, 0.6) is 11.5 Å². The zero-order chi connectivity index (χ0) is 16.6. The van der Waals surface area contributed by atoms with E-state index in [1.807, 2.05) is 6.07 Å². The lowest BCUT2D eigenvalue weighted by Gasteiger charge is -2.22. The molecule has 0 saturated carbocycles. The lowest BCUT2D eigenvalue weighted by Crippen LogP contribution is -2.46. The van der Waals surface area contributed by atoms with Crippen molar-refractivity contribution in [2.45, 2.75) is 11.4 Å². The molecule has 7 heteroatoms. The zero-order valence-corrected chi connectivity index (χ0v) is 13.8. The number of hydrogen-bond donors (Lipinski definition) is 1. The SMILES string of the molecule is C=CCNC(=O)[C@@H]1CSC2c3ccc(OC)c(OC)c3C(=O)N21. The molecule has 2 atom stereocenters. The molecule has 2 aliphatic rings. The Morgan fingerprint density at radius 2 is 2.26 bits per heavy atom. The van der Waals surface area contributed by atoms with Gasteiger partial charge in [0.05, 0.1) is 19.8 Å². The number of methoxy groups -OCH3 is 2. The number of nitrogens with one attached hydrogen (secondary N) is 1. The van der Waals surface area contributed by atoms with Crippen LogP contribution >= 0.6 is 11.8 Å². The molecule has 0 radical (unpaired) electrons. The summed E-state index contributed by atoms with van der Waals surface area (Å²) in [7, 11) is 3.04. The Morgan fingerprint density at radius 1 is 1.48 bits per heavy atom. The molecule has 6 nitrogen and oxygen atoms in total. The number of rotatable bonds is 5. The molecule has 2 amide bonds. The molecule has 2 aliphatic heterocycles. The first-order valence-corrected chi connectivity index (χ1v) is 8.26. The Bertz CT molecular complexity index is 676. The summed E-state index contributed by atoms with van der Waals surface area (Å²) in [6.45, 7) is 3.97. The second-order valence-corrected chi connectivity index (χ2v) is 6.33. The van der Waals surface area contributed by atoms with Gasteiger partial charge in [0.15, 0.2) is 11.5 Å². The number of carbonyl (C=O) groups excluding carboxylic acids is 2. The molecule has 0 bridgehead atoms. The second kappa shape index (κ2) is 6.16. The minimum absolute atomic E-state index is 0.156. The van der Waals surface area contributed by atoms with E-state index in [-0.39, 0.29) is 17.2 Å². The Morgan fingerprint density at radius 3 is 2.91 bits per heavy atom. The standard InChI is InChI=1S/C16H18N2O4S/c1-4-7-17-14(19)10-8-23-16-9-5-6-11(21-2)13(22-3)12(9)15(20)18(10)16/h4-6,10,16H,1,7-8H2,2-3H3,(H,17,19)/t10-,16?/m0/s1. The number of ether oxygens (including phenoxy) is 2. The fourth-order valence-electron chi connectivity index (χ4n) is 2.98. The summed E-state index contributed by atoms with van der Waals surface area (Å²) in [5, 5.41) is 2.61. The fourth-order valence-corrected chi connectivity index (χ4v) is 4.44. The summed E-state index contributed by atoms with van der Waals surface area (Å²) in [5.74, 6) is 1.16. The van der Waals surface area contributed by atoms with Crippen molar-refractivity contribution >= 4 is 23.6 Å². The number of amides is 2. The average Bonchev–Trinajstić information content (AvgIpc) is 3.12. The van der Waals surface area contributed by atoms with Crippen molar-refractivity contribution in [2.75, 3.05) is 26.5 Å². The van der Waals surface area contributed by atoms with Crippen molar-refractivity contribution in [1.29, 1.82) is 0 Å². The first-order chi connectivity index (χ1) is 11.1. The predicted molar refractivity (Wildman–Crippen MR) is 87.9 cm³/mol. The summed E-state index contributed by atoms with van der Waals surface area (Å²) in [4.78, 5) is 26.8. The molecule has 0 aromatic heterocycles. The zero-order valence-electron chi connectivity index (χ0n) is 13.0. The maximum absolute atomic E-state index is 12.9. The Balaban J connectivity index is 1.96. The highest BCUT2D eigenvalue weighted by Crippen LogP contribution is 2.52. The third kappa shape index (κ3) is 2.35. The molecule has 122 valence electrons.